The van der Waals surface area contributed by atoms with Gasteiger partial charge in [0.05, 0.1) is 22.5 Å². The lowest BCUT2D eigenvalue weighted by molar-refractivity contribution is -0.137. The summed E-state index contributed by atoms with van der Waals surface area (Å²) in [6, 6.07) is 4.11. The first kappa shape index (κ1) is 23.9. The smallest absolute Gasteiger partial charge is 0.355 e. The van der Waals surface area contributed by atoms with Crippen molar-refractivity contribution in [3.63, 3.8) is 0 Å². The highest BCUT2D eigenvalue weighted by Gasteiger charge is 2.31. The van der Waals surface area contributed by atoms with E-state index in [0.29, 0.717) is 27.8 Å². The van der Waals surface area contributed by atoms with E-state index in [1.165, 1.54) is 12.3 Å². The van der Waals surface area contributed by atoms with Gasteiger partial charge in [0.2, 0.25) is 0 Å². The van der Waals surface area contributed by atoms with Gasteiger partial charge in [0.15, 0.2) is 0 Å². The summed E-state index contributed by atoms with van der Waals surface area (Å²) < 4.78 is 38.7. The fourth-order valence-corrected chi connectivity index (χ4v) is 3.51. The van der Waals surface area contributed by atoms with E-state index in [9.17, 15) is 13.2 Å². The summed E-state index contributed by atoms with van der Waals surface area (Å²) >= 11 is 6.33. The van der Waals surface area contributed by atoms with Gasteiger partial charge in [-0.2, -0.15) is 13.2 Å². The first-order valence-electron chi connectivity index (χ1n) is 10.3. The molecule has 4 rings (SSSR count). The number of piperidine rings is 1. The molecule has 4 heterocycles. The molecule has 2 N–H and O–H groups in total. The van der Waals surface area contributed by atoms with Crippen molar-refractivity contribution in [3.8, 4) is 22.6 Å². The van der Waals surface area contributed by atoms with Gasteiger partial charge in [-0.05, 0) is 31.0 Å². The van der Waals surface area contributed by atoms with Gasteiger partial charge >= 0.3 is 6.18 Å². The average Bonchev–Trinajstić information content (AvgIpc) is 2.80. The van der Waals surface area contributed by atoms with Crippen molar-refractivity contribution in [2.75, 3.05) is 18.0 Å². The molecule has 0 aromatic carbocycles. The number of hydrogen-bond donors (Lipinski definition) is 1. The Labute approximate surface area is 189 Å². The molecule has 0 atom stereocenters. The average molecular weight is 465 g/mol. The Kier molecular flexibility index (Phi) is 7.63. The molecule has 6 nitrogen and oxygen atoms in total. The quantitative estimate of drug-likeness (QED) is 0.572. The molecule has 1 aliphatic rings. The zero-order chi connectivity index (χ0) is 23.3. The SMILES string of the molecule is CC.NC1CCN(c2cnc(-c3ccc(C(F)(F)F)cn3)c(-c3ccncc3Cl)n2)CC1. The van der Waals surface area contributed by atoms with Crippen molar-refractivity contribution in [1.29, 1.82) is 0 Å². The van der Waals surface area contributed by atoms with E-state index in [1.807, 2.05) is 13.8 Å². The molecule has 32 heavy (non-hydrogen) atoms. The van der Waals surface area contributed by atoms with E-state index in [4.69, 9.17) is 22.3 Å². The van der Waals surface area contributed by atoms with E-state index in [2.05, 4.69) is 19.9 Å². The lowest BCUT2D eigenvalue weighted by Gasteiger charge is -2.31. The van der Waals surface area contributed by atoms with Crippen LogP contribution in [0, 0.1) is 0 Å². The molecule has 1 aliphatic heterocycles. The van der Waals surface area contributed by atoms with Crippen LogP contribution in [0.5, 0.6) is 0 Å². The molecular weight excluding hydrogens is 441 g/mol. The Hall–Kier alpha value is -2.78. The first-order chi connectivity index (χ1) is 15.3. The number of alkyl halides is 3. The second-order valence-electron chi connectivity index (χ2n) is 7.04. The molecule has 170 valence electrons. The van der Waals surface area contributed by atoms with Crippen molar-refractivity contribution in [1.82, 2.24) is 19.9 Å². The molecule has 0 unspecified atom stereocenters. The van der Waals surface area contributed by atoms with Gasteiger partial charge in [0, 0.05) is 43.3 Å². The number of aromatic nitrogens is 4. The topological polar surface area (TPSA) is 80.8 Å². The summed E-state index contributed by atoms with van der Waals surface area (Å²) in [6.07, 6.45) is 2.66. The van der Waals surface area contributed by atoms with E-state index >= 15 is 0 Å². The largest absolute Gasteiger partial charge is 0.417 e. The summed E-state index contributed by atoms with van der Waals surface area (Å²) in [4.78, 5) is 19.3. The van der Waals surface area contributed by atoms with Crippen LogP contribution in [0.2, 0.25) is 5.02 Å². The van der Waals surface area contributed by atoms with Crippen LogP contribution in [-0.4, -0.2) is 39.1 Å². The van der Waals surface area contributed by atoms with Gasteiger partial charge in [-0.3, -0.25) is 9.97 Å². The second-order valence-corrected chi connectivity index (χ2v) is 7.44. The monoisotopic (exact) mass is 464 g/mol. The fraction of sp³-hybridized carbons (Fsp3) is 0.364. The molecule has 0 spiro atoms. The summed E-state index contributed by atoms with van der Waals surface area (Å²) in [7, 11) is 0. The molecule has 0 bridgehead atoms. The summed E-state index contributed by atoms with van der Waals surface area (Å²) in [6.45, 7) is 5.49. The van der Waals surface area contributed by atoms with Crippen molar-refractivity contribution < 1.29 is 13.2 Å². The minimum atomic E-state index is -4.46. The molecule has 0 aliphatic carbocycles. The normalized spacial score (nSPS) is 14.7. The van der Waals surface area contributed by atoms with E-state index in [-0.39, 0.29) is 11.7 Å². The maximum atomic E-state index is 12.9. The maximum absolute atomic E-state index is 12.9. The Morgan fingerprint density at radius 1 is 1.00 bits per heavy atom. The highest BCUT2D eigenvalue weighted by atomic mass is 35.5. The van der Waals surface area contributed by atoms with Crippen LogP contribution < -0.4 is 10.6 Å². The Balaban J connectivity index is 0.00000141. The van der Waals surface area contributed by atoms with Gasteiger partial charge in [-0.15, -0.1) is 0 Å². The zero-order valence-electron chi connectivity index (χ0n) is 17.8. The summed E-state index contributed by atoms with van der Waals surface area (Å²) in [5.74, 6) is 0.653. The van der Waals surface area contributed by atoms with Crippen LogP contribution in [0.3, 0.4) is 0 Å². The summed E-state index contributed by atoms with van der Waals surface area (Å²) in [5, 5.41) is 0.359. The minimum Gasteiger partial charge on any atom is -0.355 e. The predicted octanol–water partition coefficient (Wildman–Crippen LogP) is 5.23. The van der Waals surface area contributed by atoms with Crippen LogP contribution in [-0.2, 0) is 6.18 Å². The van der Waals surface area contributed by atoms with Gasteiger partial charge in [-0.25, -0.2) is 9.97 Å². The lowest BCUT2D eigenvalue weighted by atomic mass is 10.1. The molecule has 1 saturated heterocycles. The predicted molar refractivity (Wildman–Crippen MR) is 119 cm³/mol. The van der Waals surface area contributed by atoms with Crippen LogP contribution in [0.4, 0.5) is 19.0 Å². The third-order valence-electron chi connectivity index (χ3n) is 4.98. The first-order valence-corrected chi connectivity index (χ1v) is 10.7. The highest BCUT2D eigenvalue weighted by Crippen LogP contribution is 2.35. The standard InChI is InChI=1S/C20H18ClF3N6.C2H6/c21-15-10-26-6-3-14(15)18-19(16-2-1-12(9-27-16)20(22,23)24)28-11-17(29-18)30-7-4-13(25)5-8-30;1-2/h1-3,6,9-11,13H,4-5,7-8,25H2;1-2H3. The number of pyridine rings is 2. The van der Waals surface area contributed by atoms with Crippen molar-refractivity contribution in [2.24, 2.45) is 5.73 Å². The van der Waals surface area contributed by atoms with E-state index < -0.39 is 11.7 Å². The number of nitrogens with two attached hydrogens (primary N) is 1. The maximum Gasteiger partial charge on any atom is 0.417 e. The van der Waals surface area contributed by atoms with Gasteiger partial charge < -0.3 is 10.6 Å². The van der Waals surface area contributed by atoms with Gasteiger partial charge in [0.25, 0.3) is 0 Å². The molecule has 10 heteroatoms. The van der Waals surface area contributed by atoms with Crippen LogP contribution in [0.1, 0.15) is 32.3 Å². The Morgan fingerprint density at radius 2 is 1.72 bits per heavy atom. The number of rotatable bonds is 3. The van der Waals surface area contributed by atoms with E-state index in [1.54, 1.807) is 18.5 Å². The molecular formula is C22H24ClF3N6. The van der Waals surface area contributed by atoms with Crippen molar-refractivity contribution >= 4 is 17.4 Å². The number of hydrogen-bond acceptors (Lipinski definition) is 6. The summed E-state index contributed by atoms with van der Waals surface area (Å²) in [5.41, 5.74) is 6.77. The minimum absolute atomic E-state index is 0.166. The Bertz CT molecular complexity index is 1030. The van der Waals surface area contributed by atoms with E-state index in [0.717, 1.165) is 38.2 Å². The molecule has 3 aromatic heterocycles. The molecule has 3 aromatic rings. The van der Waals surface area contributed by atoms with Gasteiger partial charge in [-0.1, -0.05) is 25.4 Å². The molecule has 0 saturated carbocycles. The fourth-order valence-electron chi connectivity index (χ4n) is 3.30. The Morgan fingerprint density at radius 3 is 2.31 bits per heavy atom. The number of nitrogens with zero attached hydrogens (tertiary/aromatic N) is 5. The number of anilines is 1. The van der Waals surface area contributed by atoms with Gasteiger partial charge in [0.1, 0.15) is 17.2 Å². The van der Waals surface area contributed by atoms with Crippen LogP contribution >= 0.6 is 11.6 Å². The van der Waals surface area contributed by atoms with Crippen LogP contribution in [0.25, 0.3) is 22.6 Å². The third-order valence-corrected chi connectivity index (χ3v) is 5.29. The molecule has 0 amide bonds. The van der Waals surface area contributed by atoms with Crippen molar-refractivity contribution in [2.45, 2.75) is 38.9 Å². The number of halogens is 4. The van der Waals surface area contributed by atoms with Crippen LogP contribution in [0.15, 0.2) is 43.0 Å². The highest BCUT2D eigenvalue weighted by molar-refractivity contribution is 6.33. The zero-order valence-corrected chi connectivity index (χ0v) is 18.5. The second kappa shape index (κ2) is 10.2. The third kappa shape index (κ3) is 5.34. The van der Waals surface area contributed by atoms with Crippen molar-refractivity contribution in [3.05, 3.63) is 53.6 Å². The molecule has 1 fully saturated rings. The lowest BCUT2D eigenvalue weighted by Crippen LogP contribution is -2.40. The molecule has 0 radical (unpaired) electrons.